The van der Waals surface area contributed by atoms with Gasteiger partial charge in [-0.15, -0.1) is 0 Å². The number of carbonyl (C=O) groups is 1. The first-order valence-electron chi connectivity index (χ1n) is 8.18. The minimum absolute atomic E-state index is 0.0188. The Balaban J connectivity index is 2.08. The Kier molecular flexibility index (Phi) is 3.57. The third-order valence-corrected chi connectivity index (χ3v) is 4.64. The number of Topliss-reactive ketones (excluding diaryl/α,β-unsaturated/α-hetero) is 1. The molecule has 3 aromatic rings. The quantitative estimate of drug-likeness (QED) is 0.574. The van der Waals surface area contributed by atoms with Crippen LogP contribution < -0.4 is 5.32 Å². The van der Waals surface area contributed by atoms with Crippen LogP contribution in [0, 0.1) is 10.1 Å². The monoisotopic (exact) mass is 348 g/mol. The molecule has 0 radical (unpaired) electrons. The molecule has 1 unspecified atom stereocenters. The number of allylic oxidation sites excluding steroid dienone is 2. The maximum atomic E-state index is 12.4. The lowest BCUT2D eigenvalue weighted by Crippen LogP contribution is -2.27. The highest BCUT2D eigenvalue weighted by molar-refractivity contribution is 5.98. The van der Waals surface area contributed by atoms with E-state index in [9.17, 15) is 14.9 Å². The summed E-state index contributed by atoms with van der Waals surface area (Å²) in [4.78, 5) is 28.2. The van der Waals surface area contributed by atoms with Crippen molar-refractivity contribution < 1.29 is 9.72 Å². The van der Waals surface area contributed by atoms with E-state index in [1.54, 1.807) is 25.1 Å². The second kappa shape index (κ2) is 5.80. The second-order valence-corrected chi connectivity index (χ2v) is 6.23. The third-order valence-electron chi connectivity index (χ3n) is 4.64. The van der Waals surface area contributed by atoms with Crippen molar-refractivity contribution in [2.75, 3.05) is 5.32 Å². The number of aromatic nitrogens is 2. The second-order valence-electron chi connectivity index (χ2n) is 6.23. The first-order chi connectivity index (χ1) is 12.5. The molecule has 1 N–H and O–H groups in total. The Labute approximate surface area is 149 Å². The molecule has 0 aliphatic carbocycles. The summed E-state index contributed by atoms with van der Waals surface area (Å²) in [7, 11) is 0. The number of hydrogen-bond acceptors (Lipinski definition) is 5. The van der Waals surface area contributed by atoms with Crippen molar-refractivity contribution >= 4 is 28.5 Å². The van der Waals surface area contributed by atoms with Gasteiger partial charge in [0.05, 0.1) is 27.6 Å². The highest BCUT2D eigenvalue weighted by Gasteiger charge is 2.35. The minimum Gasteiger partial charge on any atom is -0.329 e. The number of ketones is 1. The molecule has 1 aliphatic rings. The minimum atomic E-state index is -0.613. The van der Waals surface area contributed by atoms with Gasteiger partial charge in [0.2, 0.25) is 5.95 Å². The predicted molar refractivity (Wildman–Crippen MR) is 98.0 cm³/mol. The van der Waals surface area contributed by atoms with Crippen LogP contribution in [-0.4, -0.2) is 20.3 Å². The summed E-state index contributed by atoms with van der Waals surface area (Å²) < 4.78 is 1.86. The molecular weight excluding hydrogens is 332 g/mol. The summed E-state index contributed by atoms with van der Waals surface area (Å²) in [5, 5.41) is 14.8. The van der Waals surface area contributed by atoms with E-state index in [2.05, 4.69) is 10.3 Å². The summed E-state index contributed by atoms with van der Waals surface area (Å²) >= 11 is 0. The van der Waals surface area contributed by atoms with Gasteiger partial charge in [0, 0.05) is 17.3 Å². The van der Waals surface area contributed by atoms with Crippen LogP contribution in [0.1, 0.15) is 25.5 Å². The van der Waals surface area contributed by atoms with Gasteiger partial charge in [-0.05, 0) is 32.0 Å². The number of nitrogens with zero attached hydrogens (tertiary/aromatic N) is 3. The molecular formula is C19H16N4O3. The van der Waals surface area contributed by atoms with Crippen molar-refractivity contribution in [3.05, 3.63) is 75.5 Å². The lowest BCUT2D eigenvalue weighted by molar-refractivity contribution is -0.385. The van der Waals surface area contributed by atoms with Gasteiger partial charge in [0.1, 0.15) is 0 Å². The first-order valence-corrected chi connectivity index (χ1v) is 8.18. The molecule has 1 aliphatic heterocycles. The molecule has 130 valence electrons. The number of nitrogens with one attached hydrogen (secondary N) is 1. The van der Waals surface area contributed by atoms with Crippen LogP contribution in [-0.2, 0) is 4.79 Å². The van der Waals surface area contributed by atoms with Crippen LogP contribution in [0.5, 0.6) is 0 Å². The summed E-state index contributed by atoms with van der Waals surface area (Å²) in [6, 6.07) is 13.5. The maximum absolute atomic E-state index is 12.4. The summed E-state index contributed by atoms with van der Waals surface area (Å²) in [5.74, 6) is 0.429. The number of benzene rings is 2. The van der Waals surface area contributed by atoms with Crippen molar-refractivity contribution in [2.24, 2.45) is 0 Å². The van der Waals surface area contributed by atoms with E-state index in [-0.39, 0.29) is 11.5 Å². The van der Waals surface area contributed by atoms with Crippen molar-refractivity contribution in [1.82, 2.24) is 9.55 Å². The molecule has 0 saturated heterocycles. The van der Waals surface area contributed by atoms with E-state index in [4.69, 9.17) is 0 Å². The van der Waals surface area contributed by atoms with E-state index in [0.29, 0.717) is 22.8 Å². The maximum Gasteiger partial charge on any atom is 0.275 e. The van der Waals surface area contributed by atoms with E-state index in [1.807, 2.05) is 28.8 Å². The largest absolute Gasteiger partial charge is 0.329 e. The zero-order valence-corrected chi connectivity index (χ0v) is 14.3. The molecule has 0 fully saturated rings. The Morgan fingerprint density at radius 1 is 1.19 bits per heavy atom. The van der Waals surface area contributed by atoms with Crippen molar-refractivity contribution in [1.29, 1.82) is 0 Å². The molecule has 2 heterocycles. The van der Waals surface area contributed by atoms with Crippen LogP contribution in [0.25, 0.3) is 11.0 Å². The number of imidazole rings is 1. The number of para-hydroxylation sites is 3. The molecule has 0 saturated carbocycles. The number of fused-ring (bicyclic) bond motifs is 3. The lowest BCUT2D eigenvalue weighted by atomic mass is 9.91. The van der Waals surface area contributed by atoms with E-state index >= 15 is 0 Å². The Morgan fingerprint density at radius 2 is 1.88 bits per heavy atom. The average Bonchev–Trinajstić information content (AvgIpc) is 2.98. The Bertz CT molecular complexity index is 1100. The Hall–Kier alpha value is -3.48. The first kappa shape index (κ1) is 16.0. The summed E-state index contributed by atoms with van der Waals surface area (Å²) in [6.07, 6.45) is 0. The highest BCUT2D eigenvalue weighted by Crippen LogP contribution is 2.41. The summed E-state index contributed by atoms with van der Waals surface area (Å²) in [6.45, 7) is 3.27. The Morgan fingerprint density at radius 3 is 2.62 bits per heavy atom. The van der Waals surface area contributed by atoms with E-state index < -0.39 is 11.0 Å². The van der Waals surface area contributed by atoms with Crippen LogP contribution in [0.3, 0.4) is 0 Å². The lowest BCUT2D eigenvalue weighted by Gasteiger charge is -2.29. The van der Waals surface area contributed by atoms with Gasteiger partial charge in [-0.1, -0.05) is 24.3 Å². The molecule has 4 rings (SSSR count). The molecule has 0 amide bonds. The normalized spacial score (nSPS) is 16.3. The summed E-state index contributed by atoms with van der Waals surface area (Å²) in [5.41, 5.74) is 3.17. The molecule has 0 spiro atoms. The molecule has 0 bridgehead atoms. The van der Waals surface area contributed by atoms with Crippen molar-refractivity contribution in [3.63, 3.8) is 0 Å². The molecule has 1 aromatic heterocycles. The predicted octanol–water partition coefficient (Wildman–Crippen LogP) is 3.82. The number of carbonyl (C=O) groups excluding carboxylic acids is 1. The van der Waals surface area contributed by atoms with E-state index in [0.717, 1.165) is 11.0 Å². The van der Waals surface area contributed by atoms with Gasteiger partial charge >= 0.3 is 0 Å². The van der Waals surface area contributed by atoms with Gasteiger partial charge in [-0.3, -0.25) is 19.5 Å². The fourth-order valence-corrected chi connectivity index (χ4v) is 3.60. The highest BCUT2D eigenvalue weighted by atomic mass is 16.6. The molecule has 2 aromatic carbocycles. The number of nitro groups is 1. The van der Waals surface area contributed by atoms with E-state index in [1.165, 1.54) is 13.0 Å². The van der Waals surface area contributed by atoms with Crippen LogP contribution in [0.15, 0.2) is 59.8 Å². The van der Waals surface area contributed by atoms with Crippen molar-refractivity contribution in [3.8, 4) is 0 Å². The molecule has 1 atom stereocenters. The SMILES string of the molecule is CC(=O)C1=C(C)Nc2nc3ccccc3n2C1c1ccccc1[N+](=O)[O-]. The van der Waals surface area contributed by atoms with Gasteiger partial charge in [0.25, 0.3) is 5.69 Å². The van der Waals surface area contributed by atoms with Gasteiger partial charge < -0.3 is 5.32 Å². The fraction of sp³-hybridized carbons (Fsp3) is 0.158. The molecule has 7 heteroatoms. The van der Waals surface area contributed by atoms with Crippen LogP contribution in [0.2, 0.25) is 0 Å². The third kappa shape index (κ3) is 2.28. The smallest absolute Gasteiger partial charge is 0.275 e. The zero-order chi connectivity index (χ0) is 18.4. The number of hydrogen-bond donors (Lipinski definition) is 1. The molecule has 26 heavy (non-hydrogen) atoms. The molecule has 7 nitrogen and oxygen atoms in total. The average molecular weight is 348 g/mol. The van der Waals surface area contributed by atoms with Gasteiger partial charge in [-0.2, -0.15) is 0 Å². The fourth-order valence-electron chi connectivity index (χ4n) is 3.60. The van der Waals surface area contributed by atoms with Crippen molar-refractivity contribution in [2.45, 2.75) is 19.9 Å². The standard InChI is InChI=1S/C19H16N4O3/c1-11-17(12(2)24)18(13-7-3-5-9-15(13)23(25)26)22-16-10-6-4-8-14(16)21-19(22)20-11/h3-10,18H,1-2H3,(H,20,21). The van der Waals surface area contributed by atoms with Crippen LogP contribution in [0.4, 0.5) is 11.6 Å². The number of rotatable bonds is 3. The zero-order valence-electron chi connectivity index (χ0n) is 14.3. The number of nitro benzene ring substituents is 1. The topological polar surface area (TPSA) is 90.1 Å². The number of anilines is 1. The van der Waals surface area contributed by atoms with Gasteiger partial charge in [-0.25, -0.2) is 4.98 Å². The van der Waals surface area contributed by atoms with Crippen LogP contribution >= 0.6 is 0 Å². The van der Waals surface area contributed by atoms with Gasteiger partial charge in [0.15, 0.2) is 5.78 Å².